The quantitative estimate of drug-likeness (QED) is 0.697. The van der Waals surface area contributed by atoms with Crippen molar-refractivity contribution in [2.24, 2.45) is 0 Å². The van der Waals surface area contributed by atoms with Crippen molar-refractivity contribution in [2.75, 3.05) is 0 Å². The van der Waals surface area contributed by atoms with Gasteiger partial charge in [0.25, 0.3) is 5.78 Å². The molecule has 0 saturated heterocycles. The lowest BCUT2D eigenvalue weighted by Crippen LogP contribution is -2.33. The molecule has 0 aliphatic carbocycles. The second-order valence-corrected chi connectivity index (χ2v) is 5.98. The molecule has 0 spiro atoms. The van der Waals surface area contributed by atoms with Gasteiger partial charge in [0.2, 0.25) is 5.91 Å². The van der Waals surface area contributed by atoms with Crippen LogP contribution in [-0.2, 0) is 16.0 Å². The molecule has 0 aliphatic rings. The second kappa shape index (κ2) is 7.30. The number of carbonyl (C=O) groups is 2. The third kappa shape index (κ3) is 3.53. The van der Waals surface area contributed by atoms with Crippen LogP contribution in [0.2, 0.25) is 0 Å². The maximum absolute atomic E-state index is 12.3. The molecule has 2 aromatic heterocycles. The second-order valence-electron chi connectivity index (χ2n) is 5.98. The van der Waals surface area contributed by atoms with E-state index >= 15 is 0 Å². The molecule has 26 heavy (non-hydrogen) atoms. The molecule has 3 aromatic rings. The van der Waals surface area contributed by atoms with Crippen molar-refractivity contribution < 1.29 is 14.7 Å². The van der Waals surface area contributed by atoms with Crippen molar-refractivity contribution in [3.63, 3.8) is 0 Å². The summed E-state index contributed by atoms with van der Waals surface area (Å²) in [5, 5.41) is 16.1. The van der Waals surface area contributed by atoms with Crippen LogP contribution in [0.5, 0.6) is 0 Å². The summed E-state index contributed by atoms with van der Waals surface area (Å²) in [6, 6.07) is 7.56. The highest BCUT2D eigenvalue weighted by Gasteiger charge is 2.22. The molecule has 1 aromatic carbocycles. The number of aromatic nitrogens is 4. The monoisotopic (exact) mass is 353 g/mol. The summed E-state index contributed by atoms with van der Waals surface area (Å²) in [7, 11) is 0. The summed E-state index contributed by atoms with van der Waals surface area (Å²) in [4.78, 5) is 32.2. The first-order chi connectivity index (χ1) is 12.5. The molecular weight excluding hydrogens is 334 g/mol. The minimum absolute atomic E-state index is 0.153. The van der Waals surface area contributed by atoms with E-state index in [9.17, 15) is 14.7 Å². The van der Waals surface area contributed by atoms with Crippen molar-refractivity contribution in [3.05, 3.63) is 59.2 Å². The fourth-order valence-electron chi connectivity index (χ4n) is 2.92. The molecule has 0 aliphatic heterocycles. The number of fused-ring (bicyclic) bond motifs is 1. The summed E-state index contributed by atoms with van der Waals surface area (Å²) in [5.74, 6) is -0.912. The van der Waals surface area contributed by atoms with Crippen LogP contribution in [0.4, 0.5) is 0 Å². The Balaban J connectivity index is 1.72. The average molecular weight is 353 g/mol. The standard InChI is InChI=1S/C18H19N5O3/c1-11-14(12(2)23-18(21-11)19-10-20-23)8-9-15(24)22-16(17(25)26)13-6-4-3-5-7-13/h3-7,10,16H,8-9H2,1-2H3,(H,22,24)(H,25,26)/t16-/m1/s1. The summed E-state index contributed by atoms with van der Waals surface area (Å²) >= 11 is 0. The Hall–Kier alpha value is -3.29. The van der Waals surface area contributed by atoms with Crippen molar-refractivity contribution in [1.82, 2.24) is 24.9 Å². The molecule has 1 atom stereocenters. The third-order valence-corrected chi connectivity index (χ3v) is 4.28. The number of nitrogens with zero attached hydrogens (tertiary/aromatic N) is 4. The molecule has 8 nitrogen and oxygen atoms in total. The van der Waals surface area contributed by atoms with Gasteiger partial charge in [0.15, 0.2) is 6.04 Å². The zero-order chi connectivity index (χ0) is 18.7. The van der Waals surface area contributed by atoms with E-state index in [1.165, 1.54) is 6.33 Å². The lowest BCUT2D eigenvalue weighted by molar-refractivity contribution is -0.142. The van der Waals surface area contributed by atoms with Crippen molar-refractivity contribution in [3.8, 4) is 0 Å². The minimum Gasteiger partial charge on any atom is -0.479 e. The number of hydrogen-bond donors (Lipinski definition) is 2. The molecule has 134 valence electrons. The highest BCUT2D eigenvalue weighted by molar-refractivity contribution is 5.84. The van der Waals surface area contributed by atoms with Gasteiger partial charge in [0.05, 0.1) is 0 Å². The zero-order valence-corrected chi connectivity index (χ0v) is 14.5. The summed E-state index contributed by atoms with van der Waals surface area (Å²) in [6.45, 7) is 3.76. The number of carboxylic acid groups (broad SMARTS) is 1. The first-order valence-corrected chi connectivity index (χ1v) is 8.20. The Morgan fingerprint density at radius 2 is 1.96 bits per heavy atom. The van der Waals surface area contributed by atoms with E-state index in [-0.39, 0.29) is 12.3 Å². The minimum atomic E-state index is -1.09. The van der Waals surface area contributed by atoms with E-state index in [1.54, 1.807) is 34.8 Å². The van der Waals surface area contributed by atoms with Crippen LogP contribution in [-0.4, -0.2) is 36.6 Å². The number of carboxylic acids is 1. The van der Waals surface area contributed by atoms with Gasteiger partial charge >= 0.3 is 5.97 Å². The van der Waals surface area contributed by atoms with E-state index in [1.807, 2.05) is 13.8 Å². The molecule has 8 heteroatoms. The Labute approximate surface area is 149 Å². The number of carbonyl (C=O) groups excluding carboxylic acids is 1. The number of hydrogen-bond acceptors (Lipinski definition) is 5. The van der Waals surface area contributed by atoms with Gasteiger partial charge in [0.1, 0.15) is 6.33 Å². The van der Waals surface area contributed by atoms with E-state index in [0.717, 1.165) is 17.0 Å². The molecule has 0 fully saturated rings. The van der Waals surface area contributed by atoms with Crippen LogP contribution < -0.4 is 5.32 Å². The highest BCUT2D eigenvalue weighted by Crippen LogP contribution is 2.16. The van der Waals surface area contributed by atoms with E-state index in [0.29, 0.717) is 17.8 Å². The lowest BCUT2D eigenvalue weighted by atomic mass is 10.0. The fraction of sp³-hybridized carbons (Fsp3) is 0.278. The maximum atomic E-state index is 12.3. The molecule has 1 amide bonds. The Morgan fingerprint density at radius 3 is 2.65 bits per heavy atom. The predicted molar refractivity (Wildman–Crippen MR) is 93.5 cm³/mol. The topological polar surface area (TPSA) is 109 Å². The highest BCUT2D eigenvalue weighted by atomic mass is 16.4. The SMILES string of the molecule is Cc1nc2ncnn2c(C)c1CCC(=O)N[C@@H](C(=O)O)c1ccccc1. The lowest BCUT2D eigenvalue weighted by Gasteiger charge is -2.15. The van der Waals surface area contributed by atoms with Gasteiger partial charge in [-0.1, -0.05) is 30.3 Å². The van der Waals surface area contributed by atoms with Crippen LogP contribution >= 0.6 is 0 Å². The molecule has 2 N–H and O–H groups in total. The number of aliphatic carboxylic acids is 1. The number of rotatable bonds is 6. The van der Waals surface area contributed by atoms with Crippen LogP contribution in [0.25, 0.3) is 5.78 Å². The first kappa shape index (κ1) is 17.5. The van der Waals surface area contributed by atoms with Gasteiger partial charge in [-0.05, 0) is 31.4 Å². The number of amides is 1. The predicted octanol–water partition coefficient (Wildman–Crippen LogP) is 1.62. The Morgan fingerprint density at radius 1 is 1.23 bits per heavy atom. The number of benzene rings is 1. The molecule has 0 saturated carbocycles. The average Bonchev–Trinajstić information content (AvgIpc) is 3.08. The zero-order valence-electron chi connectivity index (χ0n) is 14.5. The summed E-state index contributed by atoms with van der Waals surface area (Å²) < 4.78 is 1.63. The van der Waals surface area contributed by atoms with Gasteiger partial charge in [-0.3, -0.25) is 4.79 Å². The molecule has 2 heterocycles. The summed E-state index contributed by atoms with van der Waals surface area (Å²) in [5.41, 5.74) is 3.10. The number of nitrogens with one attached hydrogen (secondary N) is 1. The normalized spacial score (nSPS) is 12.1. The molecule has 0 unspecified atom stereocenters. The van der Waals surface area contributed by atoms with E-state index < -0.39 is 12.0 Å². The first-order valence-electron chi connectivity index (χ1n) is 8.20. The fourth-order valence-corrected chi connectivity index (χ4v) is 2.92. The smallest absolute Gasteiger partial charge is 0.330 e. The Kier molecular flexibility index (Phi) is 4.92. The van der Waals surface area contributed by atoms with Gasteiger partial charge in [0, 0.05) is 17.8 Å². The van der Waals surface area contributed by atoms with Crippen LogP contribution in [0, 0.1) is 13.8 Å². The van der Waals surface area contributed by atoms with Crippen molar-refractivity contribution in [2.45, 2.75) is 32.7 Å². The number of aryl methyl sites for hydroxylation is 2. The van der Waals surface area contributed by atoms with Crippen molar-refractivity contribution in [1.29, 1.82) is 0 Å². The molecule has 0 radical (unpaired) electrons. The Bertz CT molecular complexity index is 952. The molecule has 3 rings (SSSR count). The maximum Gasteiger partial charge on any atom is 0.330 e. The van der Waals surface area contributed by atoms with Gasteiger partial charge < -0.3 is 10.4 Å². The van der Waals surface area contributed by atoms with Crippen LogP contribution in [0.1, 0.15) is 35.0 Å². The van der Waals surface area contributed by atoms with Gasteiger partial charge in [-0.2, -0.15) is 10.1 Å². The van der Waals surface area contributed by atoms with E-state index in [2.05, 4.69) is 20.4 Å². The van der Waals surface area contributed by atoms with Crippen LogP contribution in [0.15, 0.2) is 36.7 Å². The van der Waals surface area contributed by atoms with Crippen molar-refractivity contribution >= 4 is 17.7 Å². The van der Waals surface area contributed by atoms with Crippen LogP contribution in [0.3, 0.4) is 0 Å². The third-order valence-electron chi connectivity index (χ3n) is 4.28. The molecule has 0 bridgehead atoms. The summed E-state index contributed by atoms with van der Waals surface area (Å²) in [6.07, 6.45) is 2.02. The van der Waals surface area contributed by atoms with E-state index in [4.69, 9.17) is 0 Å². The molecular formula is C18H19N5O3. The largest absolute Gasteiger partial charge is 0.479 e. The van der Waals surface area contributed by atoms with Gasteiger partial charge in [-0.15, -0.1) is 0 Å². The van der Waals surface area contributed by atoms with Gasteiger partial charge in [-0.25, -0.2) is 14.3 Å².